The maximum Gasteiger partial charge on any atom is 0.137 e. The molecule has 0 heterocycles. The predicted molar refractivity (Wildman–Crippen MR) is 83.9 cm³/mol. The van der Waals surface area contributed by atoms with Crippen LogP contribution in [0.3, 0.4) is 0 Å². The van der Waals surface area contributed by atoms with Gasteiger partial charge >= 0.3 is 0 Å². The Bertz CT molecular complexity index is 441. The van der Waals surface area contributed by atoms with E-state index in [9.17, 15) is 8.78 Å². The van der Waals surface area contributed by atoms with Gasteiger partial charge in [-0.1, -0.05) is 6.92 Å². The van der Waals surface area contributed by atoms with E-state index in [2.05, 4.69) is 48.9 Å². The van der Waals surface area contributed by atoms with Gasteiger partial charge in [0.2, 0.25) is 0 Å². The third-order valence-electron chi connectivity index (χ3n) is 3.29. The van der Waals surface area contributed by atoms with Crippen LogP contribution < -0.4 is 5.32 Å². The van der Waals surface area contributed by atoms with Crippen LogP contribution in [0.15, 0.2) is 16.6 Å². The fourth-order valence-electron chi connectivity index (χ4n) is 2.00. The van der Waals surface area contributed by atoms with Gasteiger partial charge in [-0.25, -0.2) is 8.78 Å². The summed E-state index contributed by atoms with van der Waals surface area (Å²) in [4.78, 5) is 0. The average molecular weight is 348 g/mol. The summed E-state index contributed by atoms with van der Waals surface area (Å²) in [5.41, 5.74) is 0.585. The van der Waals surface area contributed by atoms with Gasteiger partial charge in [0, 0.05) is 5.54 Å². The van der Waals surface area contributed by atoms with Crippen molar-refractivity contribution in [2.75, 3.05) is 6.54 Å². The molecule has 0 radical (unpaired) electrons. The molecular formula is C16H24BrF2N. The molecule has 1 unspecified atom stereocenters. The first-order valence-corrected chi connectivity index (χ1v) is 7.87. The molecule has 0 aliphatic heterocycles. The van der Waals surface area contributed by atoms with E-state index in [-0.39, 0.29) is 15.8 Å². The molecule has 0 spiro atoms. The van der Waals surface area contributed by atoms with Crippen molar-refractivity contribution >= 4 is 15.9 Å². The van der Waals surface area contributed by atoms with Crippen LogP contribution >= 0.6 is 15.9 Å². The molecule has 0 fully saturated rings. The molecule has 1 nitrogen and oxygen atoms in total. The van der Waals surface area contributed by atoms with Gasteiger partial charge in [-0.3, -0.25) is 0 Å². The summed E-state index contributed by atoms with van der Waals surface area (Å²) >= 11 is 2.99. The second kappa shape index (κ2) is 7.51. The van der Waals surface area contributed by atoms with E-state index in [1.807, 2.05) is 0 Å². The predicted octanol–water partition coefficient (Wildman–Crippen LogP) is 5.07. The number of aryl methyl sites for hydroxylation is 1. The first kappa shape index (κ1) is 17.6. The maximum atomic E-state index is 13.7. The van der Waals surface area contributed by atoms with Crippen molar-refractivity contribution in [3.8, 4) is 0 Å². The van der Waals surface area contributed by atoms with Crippen LogP contribution in [0, 0.1) is 17.6 Å². The smallest absolute Gasteiger partial charge is 0.137 e. The third-order valence-corrected chi connectivity index (χ3v) is 3.90. The van der Waals surface area contributed by atoms with Gasteiger partial charge in [0.1, 0.15) is 11.6 Å². The minimum Gasteiger partial charge on any atom is -0.312 e. The quantitative estimate of drug-likeness (QED) is 0.708. The monoisotopic (exact) mass is 347 g/mol. The number of halogens is 3. The van der Waals surface area contributed by atoms with Crippen molar-refractivity contribution in [2.24, 2.45) is 5.92 Å². The molecule has 0 aliphatic carbocycles. The first-order chi connectivity index (χ1) is 9.19. The summed E-state index contributed by atoms with van der Waals surface area (Å²) in [7, 11) is 0. The zero-order chi connectivity index (χ0) is 15.3. The van der Waals surface area contributed by atoms with Crippen LogP contribution in [-0.2, 0) is 6.42 Å². The van der Waals surface area contributed by atoms with Crippen LogP contribution in [0.5, 0.6) is 0 Å². The lowest BCUT2D eigenvalue weighted by molar-refractivity contribution is 0.386. The number of hydrogen-bond donors (Lipinski definition) is 1. The number of nitrogens with one attached hydrogen (secondary N) is 1. The molecule has 20 heavy (non-hydrogen) atoms. The Kier molecular flexibility index (Phi) is 6.59. The van der Waals surface area contributed by atoms with Crippen molar-refractivity contribution in [1.29, 1.82) is 0 Å². The number of rotatable bonds is 6. The van der Waals surface area contributed by atoms with E-state index in [0.29, 0.717) is 17.9 Å². The van der Waals surface area contributed by atoms with E-state index in [4.69, 9.17) is 0 Å². The summed E-state index contributed by atoms with van der Waals surface area (Å²) in [6.07, 6.45) is 2.48. The summed E-state index contributed by atoms with van der Waals surface area (Å²) in [5, 5.41) is 3.44. The molecule has 0 bridgehead atoms. The fraction of sp³-hybridized carbons (Fsp3) is 0.625. The summed E-state index contributed by atoms with van der Waals surface area (Å²) in [5.74, 6) is -0.252. The van der Waals surface area contributed by atoms with E-state index < -0.39 is 5.82 Å². The lowest BCUT2D eigenvalue weighted by Gasteiger charge is -2.22. The Morgan fingerprint density at radius 1 is 1.15 bits per heavy atom. The van der Waals surface area contributed by atoms with Crippen molar-refractivity contribution in [3.63, 3.8) is 0 Å². The fourth-order valence-corrected chi connectivity index (χ4v) is 2.31. The van der Waals surface area contributed by atoms with Crippen LogP contribution in [0.4, 0.5) is 8.78 Å². The molecule has 1 atom stereocenters. The first-order valence-electron chi connectivity index (χ1n) is 7.07. The largest absolute Gasteiger partial charge is 0.312 e. The lowest BCUT2D eigenvalue weighted by atomic mass is 9.97. The molecule has 0 aliphatic rings. The Balaban J connectivity index is 2.41. The van der Waals surface area contributed by atoms with Gasteiger partial charge in [-0.15, -0.1) is 0 Å². The second-order valence-corrected chi connectivity index (χ2v) is 7.32. The topological polar surface area (TPSA) is 12.0 Å². The van der Waals surface area contributed by atoms with Crippen LogP contribution in [0.25, 0.3) is 0 Å². The molecule has 0 aromatic heterocycles. The highest BCUT2D eigenvalue weighted by atomic mass is 79.9. The summed E-state index contributed by atoms with van der Waals surface area (Å²) in [6, 6.07) is 2.50. The lowest BCUT2D eigenvalue weighted by Crippen LogP contribution is -2.36. The molecule has 4 heteroatoms. The molecule has 1 aromatic carbocycles. The van der Waals surface area contributed by atoms with Crippen LogP contribution in [0.2, 0.25) is 0 Å². The third kappa shape index (κ3) is 6.31. The second-order valence-electron chi connectivity index (χ2n) is 6.47. The Morgan fingerprint density at radius 2 is 1.80 bits per heavy atom. The van der Waals surface area contributed by atoms with E-state index in [1.54, 1.807) is 0 Å². The molecule has 0 amide bonds. The van der Waals surface area contributed by atoms with E-state index in [0.717, 1.165) is 19.4 Å². The molecule has 0 saturated carbocycles. The van der Waals surface area contributed by atoms with Gasteiger partial charge in [0.05, 0.1) is 4.47 Å². The van der Waals surface area contributed by atoms with E-state index in [1.165, 1.54) is 12.1 Å². The van der Waals surface area contributed by atoms with Crippen molar-refractivity contribution in [1.82, 2.24) is 5.32 Å². The van der Waals surface area contributed by atoms with E-state index >= 15 is 0 Å². The highest BCUT2D eigenvalue weighted by Crippen LogP contribution is 2.22. The SMILES string of the molecule is CC(CCNC(C)(C)C)CCc1cc(F)c(Br)cc1F. The highest BCUT2D eigenvalue weighted by Gasteiger charge is 2.12. The van der Waals surface area contributed by atoms with Gasteiger partial charge in [-0.05, 0) is 86.1 Å². The molecule has 1 N–H and O–H groups in total. The molecule has 1 rings (SSSR count). The van der Waals surface area contributed by atoms with Gasteiger partial charge in [0.25, 0.3) is 0 Å². The molecule has 0 saturated heterocycles. The van der Waals surface area contributed by atoms with Gasteiger partial charge in [-0.2, -0.15) is 0 Å². The zero-order valence-corrected chi connectivity index (χ0v) is 14.3. The van der Waals surface area contributed by atoms with Crippen molar-refractivity contribution in [2.45, 2.75) is 52.5 Å². The molecular weight excluding hydrogens is 324 g/mol. The Labute approximate surface area is 129 Å². The van der Waals surface area contributed by atoms with Gasteiger partial charge < -0.3 is 5.32 Å². The minimum atomic E-state index is -0.400. The average Bonchev–Trinajstić information content (AvgIpc) is 2.30. The minimum absolute atomic E-state index is 0.126. The van der Waals surface area contributed by atoms with Crippen LogP contribution in [0.1, 0.15) is 46.1 Å². The zero-order valence-electron chi connectivity index (χ0n) is 12.7. The normalized spacial score (nSPS) is 13.6. The molecule has 114 valence electrons. The standard InChI is InChI=1S/C16H24BrF2N/c1-11(7-8-20-16(2,3)4)5-6-12-9-15(19)13(17)10-14(12)18/h9-11,20H,5-8H2,1-4H3. The Hall–Kier alpha value is -0.480. The molecule has 1 aromatic rings. The van der Waals surface area contributed by atoms with Crippen molar-refractivity contribution in [3.05, 3.63) is 33.8 Å². The highest BCUT2D eigenvalue weighted by molar-refractivity contribution is 9.10. The number of benzene rings is 1. The van der Waals surface area contributed by atoms with Crippen molar-refractivity contribution < 1.29 is 8.78 Å². The van der Waals surface area contributed by atoms with Gasteiger partial charge in [0.15, 0.2) is 0 Å². The summed E-state index contributed by atoms with van der Waals surface area (Å²) in [6.45, 7) is 9.51. The maximum absolute atomic E-state index is 13.7. The van der Waals surface area contributed by atoms with Crippen LogP contribution in [-0.4, -0.2) is 12.1 Å². The Morgan fingerprint density at radius 3 is 2.40 bits per heavy atom. The number of hydrogen-bond acceptors (Lipinski definition) is 1. The summed E-state index contributed by atoms with van der Waals surface area (Å²) < 4.78 is 27.3.